The van der Waals surface area contributed by atoms with Gasteiger partial charge in [-0.05, 0) is 24.6 Å². The highest BCUT2D eigenvalue weighted by molar-refractivity contribution is 5.89. The monoisotopic (exact) mass is 253 g/mol. The van der Waals surface area contributed by atoms with E-state index in [9.17, 15) is 4.79 Å². The first-order chi connectivity index (χ1) is 8.65. The molecule has 0 bridgehead atoms. The van der Waals surface area contributed by atoms with E-state index in [1.54, 1.807) is 0 Å². The molecule has 0 aliphatic rings. The molecular weight excluding hydrogens is 234 g/mol. The summed E-state index contributed by atoms with van der Waals surface area (Å²) in [6, 6.07) is 4.39. The summed E-state index contributed by atoms with van der Waals surface area (Å²) < 4.78 is 10.7. The van der Waals surface area contributed by atoms with Crippen LogP contribution >= 0.6 is 0 Å². The third-order valence-corrected chi connectivity index (χ3v) is 2.39. The van der Waals surface area contributed by atoms with Crippen LogP contribution in [0.2, 0.25) is 0 Å². The van der Waals surface area contributed by atoms with E-state index < -0.39 is 5.97 Å². The molecule has 0 unspecified atom stereocenters. The van der Waals surface area contributed by atoms with Crippen LogP contribution in [-0.2, 0) is 4.74 Å². The summed E-state index contributed by atoms with van der Waals surface area (Å²) in [5, 5.41) is 8.85. The van der Waals surface area contributed by atoms with Crippen molar-refractivity contribution >= 4 is 11.7 Å². The van der Waals surface area contributed by atoms with Crippen molar-refractivity contribution in [2.75, 3.05) is 25.6 Å². The fraction of sp³-hybridized carbons (Fsp3) is 0.462. The minimum absolute atomic E-state index is 0.158. The molecule has 0 heterocycles. The summed E-state index contributed by atoms with van der Waals surface area (Å²) in [4.78, 5) is 10.8. The lowest BCUT2D eigenvalue weighted by atomic mass is 10.2. The minimum Gasteiger partial charge on any atom is -0.489 e. The van der Waals surface area contributed by atoms with E-state index in [1.807, 2.05) is 0 Å². The van der Waals surface area contributed by atoms with Crippen LogP contribution in [0.25, 0.3) is 0 Å². The zero-order chi connectivity index (χ0) is 13.4. The largest absolute Gasteiger partial charge is 0.489 e. The maximum Gasteiger partial charge on any atom is 0.335 e. The van der Waals surface area contributed by atoms with Crippen molar-refractivity contribution in [3.05, 3.63) is 23.8 Å². The van der Waals surface area contributed by atoms with Crippen LogP contribution in [0.1, 0.15) is 30.1 Å². The maximum atomic E-state index is 10.8. The van der Waals surface area contributed by atoms with Crippen molar-refractivity contribution in [2.45, 2.75) is 19.8 Å². The van der Waals surface area contributed by atoms with Crippen molar-refractivity contribution in [3.63, 3.8) is 0 Å². The molecule has 3 N–H and O–H groups in total. The molecule has 1 aromatic rings. The minimum atomic E-state index is -1.00. The molecular formula is C13H19NO4. The predicted octanol–water partition coefficient (Wildman–Crippen LogP) is 2.16. The first-order valence-corrected chi connectivity index (χ1v) is 5.98. The topological polar surface area (TPSA) is 81.8 Å². The average molecular weight is 253 g/mol. The van der Waals surface area contributed by atoms with Crippen molar-refractivity contribution in [1.82, 2.24) is 0 Å². The average Bonchev–Trinajstić information content (AvgIpc) is 2.35. The number of carboxylic acids is 1. The van der Waals surface area contributed by atoms with E-state index in [1.165, 1.54) is 18.2 Å². The Hall–Kier alpha value is -1.75. The number of nitrogen functional groups attached to an aromatic ring is 1. The Morgan fingerprint density at radius 2 is 2.11 bits per heavy atom. The Kier molecular flexibility index (Phi) is 6.00. The first-order valence-electron chi connectivity index (χ1n) is 5.98. The van der Waals surface area contributed by atoms with Gasteiger partial charge in [-0.1, -0.05) is 13.3 Å². The summed E-state index contributed by atoms with van der Waals surface area (Å²) in [6.45, 7) is 3.64. The molecule has 100 valence electrons. The van der Waals surface area contributed by atoms with Crippen LogP contribution in [0.15, 0.2) is 18.2 Å². The van der Waals surface area contributed by atoms with Crippen LogP contribution in [-0.4, -0.2) is 30.9 Å². The number of carboxylic acid groups (broad SMARTS) is 1. The SMILES string of the molecule is CCCCOCCOc1cc(C(=O)O)ccc1N. The fourth-order valence-corrected chi connectivity index (χ4v) is 1.35. The number of nitrogens with two attached hydrogens (primary N) is 1. The van der Waals surface area contributed by atoms with Crippen molar-refractivity contribution in [3.8, 4) is 5.75 Å². The second kappa shape index (κ2) is 7.55. The molecule has 0 radical (unpaired) electrons. The number of hydrogen-bond donors (Lipinski definition) is 2. The van der Waals surface area contributed by atoms with Gasteiger partial charge < -0.3 is 20.3 Å². The fourth-order valence-electron chi connectivity index (χ4n) is 1.35. The Morgan fingerprint density at radius 1 is 1.33 bits per heavy atom. The summed E-state index contributed by atoms with van der Waals surface area (Å²) in [6.07, 6.45) is 2.12. The van der Waals surface area contributed by atoms with Crippen molar-refractivity contribution in [2.24, 2.45) is 0 Å². The highest BCUT2D eigenvalue weighted by Crippen LogP contribution is 2.22. The number of hydrogen-bond acceptors (Lipinski definition) is 4. The van der Waals surface area contributed by atoms with E-state index in [-0.39, 0.29) is 5.56 Å². The number of benzene rings is 1. The Balaban J connectivity index is 2.41. The highest BCUT2D eigenvalue weighted by atomic mass is 16.5. The van der Waals surface area contributed by atoms with Crippen LogP contribution < -0.4 is 10.5 Å². The summed E-state index contributed by atoms with van der Waals surface area (Å²) in [7, 11) is 0. The molecule has 1 aromatic carbocycles. The molecule has 1 rings (SSSR count). The third kappa shape index (κ3) is 4.63. The Labute approximate surface area is 107 Å². The van der Waals surface area contributed by atoms with Gasteiger partial charge in [0.05, 0.1) is 17.9 Å². The Morgan fingerprint density at radius 3 is 2.78 bits per heavy atom. The summed E-state index contributed by atoms with van der Waals surface area (Å²) in [5.41, 5.74) is 6.28. The van der Waals surface area contributed by atoms with Crippen LogP contribution in [0.3, 0.4) is 0 Å². The van der Waals surface area contributed by atoms with E-state index >= 15 is 0 Å². The van der Waals surface area contributed by atoms with Crippen molar-refractivity contribution in [1.29, 1.82) is 0 Å². The normalized spacial score (nSPS) is 10.3. The van der Waals surface area contributed by atoms with E-state index in [2.05, 4.69) is 6.92 Å². The van der Waals surface area contributed by atoms with Gasteiger partial charge in [-0.15, -0.1) is 0 Å². The molecule has 0 saturated carbocycles. The lowest BCUT2D eigenvalue weighted by Gasteiger charge is -2.09. The zero-order valence-electron chi connectivity index (χ0n) is 10.5. The molecule has 5 nitrogen and oxygen atoms in total. The zero-order valence-corrected chi connectivity index (χ0v) is 10.5. The second-order valence-electron chi connectivity index (χ2n) is 3.87. The standard InChI is InChI=1S/C13H19NO4/c1-2-3-6-17-7-8-18-12-9-10(13(15)16)4-5-11(12)14/h4-5,9H,2-3,6-8,14H2,1H3,(H,15,16). The van der Waals surface area contributed by atoms with Gasteiger partial charge in [-0.3, -0.25) is 0 Å². The van der Waals surface area contributed by atoms with Gasteiger partial charge in [-0.25, -0.2) is 4.79 Å². The van der Waals surface area contributed by atoms with Crippen LogP contribution in [0.5, 0.6) is 5.75 Å². The van der Waals surface area contributed by atoms with Gasteiger partial charge in [0.15, 0.2) is 0 Å². The van der Waals surface area contributed by atoms with Gasteiger partial charge in [0.2, 0.25) is 0 Å². The molecule has 0 spiro atoms. The number of ether oxygens (including phenoxy) is 2. The van der Waals surface area contributed by atoms with Gasteiger partial charge >= 0.3 is 5.97 Å². The van der Waals surface area contributed by atoms with Crippen LogP contribution in [0.4, 0.5) is 5.69 Å². The van der Waals surface area contributed by atoms with Crippen molar-refractivity contribution < 1.29 is 19.4 Å². The van der Waals surface area contributed by atoms with E-state index in [0.29, 0.717) is 31.3 Å². The number of rotatable bonds is 8. The smallest absolute Gasteiger partial charge is 0.335 e. The number of anilines is 1. The molecule has 0 aliphatic carbocycles. The molecule has 18 heavy (non-hydrogen) atoms. The summed E-state index contributed by atoms with van der Waals surface area (Å²) in [5.74, 6) is -0.618. The lowest BCUT2D eigenvalue weighted by molar-refractivity contribution is 0.0696. The summed E-state index contributed by atoms with van der Waals surface area (Å²) >= 11 is 0. The molecule has 0 fully saturated rings. The van der Waals surface area contributed by atoms with Crippen LogP contribution in [0, 0.1) is 0 Å². The van der Waals surface area contributed by atoms with E-state index in [0.717, 1.165) is 12.8 Å². The van der Waals surface area contributed by atoms with Gasteiger partial charge in [-0.2, -0.15) is 0 Å². The highest BCUT2D eigenvalue weighted by Gasteiger charge is 2.07. The second-order valence-corrected chi connectivity index (χ2v) is 3.87. The van der Waals surface area contributed by atoms with Gasteiger partial charge in [0, 0.05) is 6.61 Å². The lowest BCUT2D eigenvalue weighted by Crippen LogP contribution is -2.09. The number of unbranched alkanes of at least 4 members (excludes halogenated alkanes) is 1. The Bertz CT molecular complexity index is 393. The number of aromatic carboxylic acids is 1. The van der Waals surface area contributed by atoms with Gasteiger partial charge in [0.25, 0.3) is 0 Å². The number of carbonyl (C=O) groups is 1. The molecule has 5 heteroatoms. The van der Waals surface area contributed by atoms with E-state index in [4.69, 9.17) is 20.3 Å². The first kappa shape index (κ1) is 14.3. The molecule has 0 aromatic heterocycles. The quantitative estimate of drug-likeness (QED) is 0.548. The maximum absolute atomic E-state index is 10.8. The molecule has 0 saturated heterocycles. The van der Waals surface area contributed by atoms with Gasteiger partial charge in [0.1, 0.15) is 12.4 Å². The molecule has 0 amide bonds. The molecule has 0 aliphatic heterocycles. The molecule has 0 atom stereocenters. The predicted molar refractivity (Wildman–Crippen MR) is 69.0 cm³/mol. The third-order valence-electron chi connectivity index (χ3n) is 2.39.